The summed E-state index contributed by atoms with van der Waals surface area (Å²) in [5, 5.41) is 37.4. The normalized spacial score (nSPS) is 28.6. The molecule has 0 aromatic carbocycles. The van der Waals surface area contributed by atoms with Gasteiger partial charge in [-0.1, -0.05) is 96.3 Å². The third kappa shape index (κ3) is 8.46. The molecule has 0 atom stereocenters. The van der Waals surface area contributed by atoms with Crippen LogP contribution < -0.4 is 0 Å². The molecule has 0 amide bonds. The Morgan fingerprint density at radius 1 is 0.265 bits per heavy atom. The summed E-state index contributed by atoms with van der Waals surface area (Å²) in [5.74, 6) is 0. The van der Waals surface area contributed by atoms with E-state index in [1.165, 1.54) is 57.8 Å². The number of nitrogens with zero attached hydrogens (tertiary/aromatic N) is 1. The Kier molecular flexibility index (Phi) is 12.2. The Bertz CT molecular complexity index is 445. The van der Waals surface area contributed by atoms with Gasteiger partial charge in [0.2, 0.25) is 0 Å². The van der Waals surface area contributed by atoms with Gasteiger partial charge in [0.05, 0.1) is 0 Å². The molecule has 0 saturated heterocycles. The second-order valence-corrected chi connectivity index (χ2v) is 12.2. The van der Waals surface area contributed by atoms with Gasteiger partial charge in [-0.05, 0) is 77.0 Å². The van der Waals surface area contributed by atoms with Gasteiger partial charge < -0.3 is 15.3 Å². The van der Waals surface area contributed by atoms with Crippen LogP contribution in [0.3, 0.4) is 0 Å². The molecular formula is C30H57NO3. The largest absolute Gasteiger partial charge is 0.375 e. The van der Waals surface area contributed by atoms with E-state index < -0.39 is 17.2 Å². The van der Waals surface area contributed by atoms with Crippen LogP contribution in [0.15, 0.2) is 0 Å². The van der Waals surface area contributed by atoms with Crippen molar-refractivity contribution in [2.45, 2.75) is 191 Å². The number of hydrogen-bond donors (Lipinski definition) is 3. The second kappa shape index (κ2) is 14.5. The molecule has 0 aromatic heterocycles. The zero-order valence-electron chi connectivity index (χ0n) is 22.4. The molecule has 3 aliphatic carbocycles. The molecule has 0 unspecified atom stereocenters. The van der Waals surface area contributed by atoms with Gasteiger partial charge in [-0.25, -0.2) is 4.90 Å². The summed E-state index contributed by atoms with van der Waals surface area (Å²) in [6.07, 6.45) is 28.2. The third-order valence-electron chi connectivity index (χ3n) is 9.21. The van der Waals surface area contributed by atoms with E-state index >= 15 is 0 Å². The zero-order chi connectivity index (χ0) is 24.2. The lowest BCUT2D eigenvalue weighted by Gasteiger charge is -2.57. The van der Waals surface area contributed by atoms with Crippen molar-refractivity contribution in [3.63, 3.8) is 0 Å². The first-order valence-corrected chi connectivity index (χ1v) is 15.5. The minimum atomic E-state index is -1.12. The van der Waals surface area contributed by atoms with Crippen molar-refractivity contribution >= 4 is 0 Å². The van der Waals surface area contributed by atoms with Gasteiger partial charge in [0.15, 0.2) is 0 Å². The lowest BCUT2D eigenvalue weighted by atomic mass is 9.82. The third-order valence-corrected chi connectivity index (χ3v) is 9.21. The maximum Gasteiger partial charge on any atom is 0.122 e. The molecule has 3 aliphatic rings. The predicted molar refractivity (Wildman–Crippen MR) is 141 cm³/mol. The van der Waals surface area contributed by atoms with Gasteiger partial charge in [-0.2, -0.15) is 0 Å². The summed E-state index contributed by atoms with van der Waals surface area (Å²) < 4.78 is 0. The molecule has 4 nitrogen and oxygen atoms in total. The molecule has 3 N–H and O–H groups in total. The molecule has 0 bridgehead atoms. The summed E-state index contributed by atoms with van der Waals surface area (Å²) in [7, 11) is 0. The number of aliphatic hydroxyl groups is 3. The molecule has 0 aromatic rings. The van der Waals surface area contributed by atoms with E-state index in [2.05, 4.69) is 0 Å². The van der Waals surface area contributed by atoms with Crippen LogP contribution in [-0.2, 0) is 0 Å². The highest BCUT2D eigenvalue weighted by Gasteiger charge is 2.54. The minimum absolute atomic E-state index is 0.678. The molecule has 3 fully saturated rings. The van der Waals surface area contributed by atoms with Crippen LogP contribution in [0.2, 0.25) is 0 Å². The van der Waals surface area contributed by atoms with Gasteiger partial charge in [0, 0.05) is 0 Å². The van der Waals surface area contributed by atoms with E-state index in [-0.39, 0.29) is 0 Å². The van der Waals surface area contributed by atoms with E-state index in [0.29, 0.717) is 38.5 Å². The Balaban J connectivity index is 1.96. The summed E-state index contributed by atoms with van der Waals surface area (Å²) in [5.41, 5.74) is -3.35. The molecule has 0 heterocycles. The maximum absolute atomic E-state index is 12.5. The average Bonchev–Trinajstić information content (AvgIpc) is 2.81. The van der Waals surface area contributed by atoms with Crippen LogP contribution >= 0.6 is 0 Å². The SMILES string of the molecule is OC1(N(C2(O)CCCCCCCCC2)C2(O)CCCCCCCCC2)CCCCCCCCC1. The van der Waals surface area contributed by atoms with E-state index in [1.807, 2.05) is 4.90 Å². The van der Waals surface area contributed by atoms with Gasteiger partial charge in [-0.15, -0.1) is 0 Å². The van der Waals surface area contributed by atoms with Crippen molar-refractivity contribution in [2.24, 2.45) is 0 Å². The topological polar surface area (TPSA) is 63.9 Å². The molecular weight excluding hydrogens is 422 g/mol. The van der Waals surface area contributed by atoms with Crippen molar-refractivity contribution in [1.29, 1.82) is 0 Å². The molecule has 200 valence electrons. The molecule has 0 radical (unpaired) electrons. The van der Waals surface area contributed by atoms with E-state index in [0.717, 1.165) is 77.0 Å². The van der Waals surface area contributed by atoms with Crippen molar-refractivity contribution < 1.29 is 15.3 Å². The summed E-state index contributed by atoms with van der Waals surface area (Å²) in [6, 6.07) is 0. The molecule has 0 spiro atoms. The molecule has 34 heavy (non-hydrogen) atoms. The van der Waals surface area contributed by atoms with Gasteiger partial charge in [0.25, 0.3) is 0 Å². The van der Waals surface area contributed by atoms with Crippen LogP contribution in [-0.4, -0.2) is 37.4 Å². The highest BCUT2D eigenvalue weighted by molar-refractivity contribution is 4.98. The minimum Gasteiger partial charge on any atom is -0.375 e. The van der Waals surface area contributed by atoms with E-state index in [4.69, 9.17) is 0 Å². The van der Waals surface area contributed by atoms with Crippen molar-refractivity contribution in [2.75, 3.05) is 0 Å². The Hall–Kier alpha value is -0.160. The maximum atomic E-state index is 12.5. The van der Waals surface area contributed by atoms with Crippen LogP contribution in [0.5, 0.6) is 0 Å². The average molecular weight is 480 g/mol. The summed E-state index contributed by atoms with van der Waals surface area (Å²) in [6.45, 7) is 0. The number of rotatable bonds is 3. The molecule has 3 saturated carbocycles. The second-order valence-electron chi connectivity index (χ2n) is 12.2. The summed E-state index contributed by atoms with van der Waals surface area (Å²) >= 11 is 0. The van der Waals surface area contributed by atoms with Crippen molar-refractivity contribution in [1.82, 2.24) is 4.90 Å². The van der Waals surface area contributed by atoms with Crippen LogP contribution in [0.25, 0.3) is 0 Å². The van der Waals surface area contributed by atoms with Crippen LogP contribution in [0.4, 0.5) is 0 Å². The van der Waals surface area contributed by atoms with Crippen molar-refractivity contribution in [3.8, 4) is 0 Å². The van der Waals surface area contributed by atoms with Crippen LogP contribution in [0, 0.1) is 0 Å². The lowest BCUT2D eigenvalue weighted by molar-refractivity contribution is -0.334. The van der Waals surface area contributed by atoms with Gasteiger partial charge in [0.1, 0.15) is 17.2 Å². The first-order valence-electron chi connectivity index (χ1n) is 15.5. The number of hydrogen-bond acceptors (Lipinski definition) is 4. The predicted octanol–water partition coefficient (Wildman–Crippen LogP) is 7.93. The Labute approximate surface area is 210 Å². The Morgan fingerprint density at radius 2 is 0.412 bits per heavy atom. The highest BCUT2D eigenvalue weighted by Crippen LogP contribution is 2.46. The smallest absolute Gasteiger partial charge is 0.122 e. The fourth-order valence-corrected chi connectivity index (χ4v) is 7.31. The Morgan fingerprint density at radius 3 is 0.588 bits per heavy atom. The fourth-order valence-electron chi connectivity index (χ4n) is 7.31. The lowest BCUT2D eigenvalue weighted by Crippen LogP contribution is -2.70. The van der Waals surface area contributed by atoms with Crippen molar-refractivity contribution in [3.05, 3.63) is 0 Å². The van der Waals surface area contributed by atoms with Gasteiger partial charge >= 0.3 is 0 Å². The first kappa shape index (κ1) is 28.4. The molecule has 3 rings (SSSR count). The molecule has 0 aliphatic heterocycles. The zero-order valence-corrected chi connectivity index (χ0v) is 22.4. The fraction of sp³-hybridized carbons (Fsp3) is 1.00. The summed E-state index contributed by atoms with van der Waals surface area (Å²) in [4.78, 5) is 1.98. The van der Waals surface area contributed by atoms with E-state index in [1.54, 1.807) is 0 Å². The van der Waals surface area contributed by atoms with Gasteiger partial charge in [-0.3, -0.25) is 0 Å². The van der Waals surface area contributed by atoms with E-state index in [9.17, 15) is 15.3 Å². The quantitative estimate of drug-likeness (QED) is 0.360. The standard InChI is InChI=1S/C30H57NO3/c32-28(22-16-10-4-1-5-11-17-23-28)31(29(33)24-18-12-6-2-7-13-19-25-29)30(34)26-20-14-8-3-9-15-21-27-30/h32-34H,1-27H2. The molecule has 4 heteroatoms. The monoisotopic (exact) mass is 479 g/mol. The first-order chi connectivity index (χ1) is 16.5. The van der Waals surface area contributed by atoms with Crippen LogP contribution in [0.1, 0.15) is 173 Å². The highest BCUT2D eigenvalue weighted by atomic mass is 16.4.